The summed E-state index contributed by atoms with van der Waals surface area (Å²) in [5.74, 6) is 2.15. The summed E-state index contributed by atoms with van der Waals surface area (Å²) < 4.78 is 2.94. The molecule has 0 saturated carbocycles. The SMILES string of the molecule is CCC(CC)C(C)n1c(C(C)C)n[nH]c1=S. The molecule has 1 rings (SSSR count). The van der Waals surface area contributed by atoms with E-state index in [1.165, 1.54) is 12.8 Å². The minimum atomic E-state index is 0.407. The fourth-order valence-corrected chi connectivity index (χ4v) is 2.60. The van der Waals surface area contributed by atoms with E-state index in [1.807, 2.05) is 0 Å². The summed E-state index contributed by atoms with van der Waals surface area (Å²) >= 11 is 5.33. The zero-order valence-corrected chi connectivity index (χ0v) is 11.8. The van der Waals surface area contributed by atoms with E-state index in [9.17, 15) is 0 Å². The van der Waals surface area contributed by atoms with Crippen molar-refractivity contribution in [1.82, 2.24) is 14.8 Å². The van der Waals surface area contributed by atoms with Crippen LogP contribution in [0.3, 0.4) is 0 Å². The fourth-order valence-electron chi connectivity index (χ4n) is 2.30. The summed E-state index contributed by atoms with van der Waals surface area (Å²) in [5, 5.41) is 7.25. The van der Waals surface area contributed by atoms with Crippen molar-refractivity contribution in [1.29, 1.82) is 0 Å². The smallest absolute Gasteiger partial charge is 0.195 e. The standard InChI is InChI=1S/C12H23N3S/c1-6-10(7-2)9(5)15-11(8(3)4)13-14-12(15)16/h8-10H,6-7H2,1-5H3,(H,14,16). The summed E-state index contributed by atoms with van der Waals surface area (Å²) in [4.78, 5) is 0. The van der Waals surface area contributed by atoms with Crippen molar-refractivity contribution in [2.24, 2.45) is 5.92 Å². The van der Waals surface area contributed by atoms with Crippen LogP contribution in [0.4, 0.5) is 0 Å². The largest absolute Gasteiger partial charge is 0.301 e. The van der Waals surface area contributed by atoms with Crippen molar-refractivity contribution in [3.05, 3.63) is 10.6 Å². The van der Waals surface area contributed by atoms with Crippen LogP contribution in [-0.4, -0.2) is 14.8 Å². The first-order valence-corrected chi connectivity index (χ1v) is 6.60. The zero-order valence-electron chi connectivity index (χ0n) is 10.9. The van der Waals surface area contributed by atoms with E-state index in [1.54, 1.807) is 0 Å². The molecule has 0 aliphatic heterocycles. The highest BCUT2D eigenvalue weighted by Gasteiger charge is 2.20. The van der Waals surface area contributed by atoms with Crippen LogP contribution in [0.1, 0.15) is 65.2 Å². The number of nitrogens with zero attached hydrogens (tertiary/aromatic N) is 2. The molecule has 0 spiro atoms. The van der Waals surface area contributed by atoms with E-state index < -0.39 is 0 Å². The van der Waals surface area contributed by atoms with Gasteiger partial charge >= 0.3 is 0 Å². The monoisotopic (exact) mass is 241 g/mol. The van der Waals surface area contributed by atoms with Gasteiger partial charge in [-0.05, 0) is 25.1 Å². The highest BCUT2D eigenvalue weighted by molar-refractivity contribution is 7.71. The molecular weight excluding hydrogens is 218 g/mol. The van der Waals surface area contributed by atoms with Gasteiger partial charge in [0.1, 0.15) is 5.82 Å². The van der Waals surface area contributed by atoms with Crippen LogP contribution in [0.15, 0.2) is 0 Å². The zero-order chi connectivity index (χ0) is 12.3. The van der Waals surface area contributed by atoms with Gasteiger partial charge in [0.05, 0.1) is 0 Å². The van der Waals surface area contributed by atoms with Crippen LogP contribution in [0, 0.1) is 10.7 Å². The van der Waals surface area contributed by atoms with Crippen LogP contribution in [0.25, 0.3) is 0 Å². The molecule has 0 bridgehead atoms. The number of H-pyrrole nitrogens is 1. The van der Waals surface area contributed by atoms with Gasteiger partial charge in [-0.25, -0.2) is 0 Å². The lowest BCUT2D eigenvalue weighted by atomic mass is 9.95. The van der Waals surface area contributed by atoms with E-state index in [0.717, 1.165) is 10.6 Å². The second-order valence-corrected chi connectivity index (χ2v) is 5.12. The summed E-state index contributed by atoms with van der Waals surface area (Å²) in [5.41, 5.74) is 0. The molecule has 1 N–H and O–H groups in total. The molecule has 1 atom stereocenters. The van der Waals surface area contributed by atoms with Gasteiger partial charge in [-0.3, -0.25) is 5.10 Å². The molecule has 16 heavy (non-hydrogen) atoms. The minimum absolute atomic E-state index is 0.407. The Balaban J connectivity index is 3.11. The summed E-state index contributed by atoms with van der Waals surface area (Å²) in [6, 6.07) is 0.429. The molecule has 1 heterocycles. The maximum atomic E-state index is 5.33. The molecule has 4 heteroatoms. The molecule has 0 aliphatic carbocycles. The number of rotatable bonds is 5. The molecule has 1 aromatic heterocycles. The summed E-state index contributed by atoms with van der Waals surface area (Å²) in [6.45, 7) is 11.0. The Labute approximate surface area is 103 Å². The lowest BCUT2D eigenvalue weighted by Crippen LogP contribution is -2.18. The molecular formula is C12H23N3S. The lowest BCUT2D eigenvalue weighted by molar-refractivity contribution is 0.321. The van der Waals surface area contributed by atoms with Crippen molar-refractivity contribution in [2.45, 2.75) is 59.4 Å². The van der Waals surface area contributed by atoms with Gasteiger partial charge in [-0.1, -0.05) is 40.5 Å². The van der Waals surface area contributed by atoms with Crippen molar-refractivity contribution in [3.8, 4) is 0 Å². The number of nitrogens with one attached hydrogen (secondary N) is 1. The Hall–Kier alpha value is -0.640. The predicted octanol–water partition coefficient (Wildman–Crippen LogP) is 4.06. The summed E-state index contributed by atoms with van der Waals surface area (Å²) in [7, 11) is 0. The maximum Gasteiger partial charge on any atom is 0.195 e. The van der Waals surface area contributed by atoms with Crippen molar-refractivity contribution < 1.29 is 0 Å². The third kappa shape index (κ3) is 2.54. The molecule has 3 nitrogen and oxygen atoms in total. The average molecular weight is 241 g/mol. The van der Waals surface area contributed by atoms with E-state index >= 15 is 0 Å². The maximum absolute atomic E-state index is 5.33. The molecule has 1 aromatic rings. The second-order valence-electron chi connectivity index (χ2n) is 4.73. The molecule has 0 saturated heterocycles. The normalized spacial score (nSPS) is 13.7. The van der Waals surface area contributed by atoms with Crippen molar-refractivity contribution in [2.75, 3.05) is 0 Å². The third-order valence-electron chi connectivity index (χ3n) is 3.39. The van der Waals surface area contributed by atoms with E-state index in [-0.39, 0.29) is 0 Å². The van der Waals surface area contributed by atoms with Crippen LogP contribution in [0.5, 0.6) is 0 Å². The Bertz CT molecular complexity index is 374. The molecule has 0 fully saturated rings. The van der Waals surface area contributed by atoms with Crippen LogP contribution in [-0.2, 0) is 0 Å². The number of aromatic nitrogens is 3. The van der Waals surface area contributed by atoms with E-state index in [4.69, 9.17) is 12.2 Å². The first-order valence-electron chi connectivity index (χ1n) is 6.19. The average Bonchev–Trinajstić information content (AvgIpc) is 2.61. The Morgan fingerprint density at radius 3 is 2.25 bits per heavy atom. The van der Waals surface area contributed by atoms with Crippen molar-refractivity contribution in [3.63, 3.8) is 0 Å². The molecule has 0 aromatic carbocycles. The van der Waals surface area contributed by atoms with Gasteiger partial charge in [0.25, 0.3) is 0 Å². The van der Waals surface area contributed by atoms with Gasteiger partial charge in [-0.2, -0.15) is 5.10 Å². The van der Waals surface area contributed by atoms with Gasteiger partial charge in [0.2, 0.25) is 0 Å². The Morgan fingerprint density at radius 1 is 1.25 bits per heavy atom. The first-order chi connectivity index (χ1) is 7.52. The molecule has 0 amide bonds. The van der Waals surface area contributed by atoms with Crippen LogP contribution < -0.4 is 0 Å². The predicted molar refractivity (Wildman–Crippen MR) is 70.3 cm³/mol. The van der Waals surface area contributed by atoms with E-state index in [0.29, 0.717) is 17.9 Å². The molecule has 0 aliphatic rings. The number of hydrogen-bond donors (Lipinski definition) is 1. The van der Waals surface area contributed by atoms with Gasteiger partial charge in [-0.15, -0.1) is 0 Å². The van der Waals surface area contributed by atoms with Gasteiger partial charge < -0.3 is 4.57 Å². The highest BCUT2D eigenvalue weighted by atomic mass is 32.1. The molecule has 0 radical (unpaired) electrons. The Kier molecular flexibility index (Phi) is 4.71. The molecule has 1 unspecified atom stereocenters. The number of aromatic amines is 1. The lowest BCUT2D eigenvalue weighted by Gasteiger charge is -2.24. The Morgan fingerprint density at radius 2 is 1.81 bits per heavy atom. The van der Waals surface area contributed by atoms with Crippen LogP contribution >= 0.6 is 12.2 Å². The van der Waals surface area contributed by atoms with Gasteiger partial charge in [0.15, 0.2) is 4.77 Å². The first kappa shape index (κ1) is 13.4. The number of hydrogen-bond acceptors (Lipinski definition) is 2. The highest BCUT2D eigenvalue weighted by Crippen LogP contribution is 2.27. The second kappa shape index (κ2) is 5.62. The van der Waals surface area contributed by atoms with Crippen LogP contribution in [0.2, 0.25) is 0 Å². The topological polar surface area (TPSA) is 33.6 Å². The molecule has 92 valence electrons. The fraction of sp³-hybridized carbons (Fsp3) is 0.833. The minimum Gasteiger partial charge on any atom is -0.301 e. The quantitative estimate of drug-likeness (QED) is 0.789. The van der Waals surface area contributed by atoms with E-state index in [2.05, 4.69) is 49.4 Å². The van der Waals surface area contributed by atoms with Crippen molar-refractivity contribution >= 4 is 12.2 Å². The third-order valence-corrected chi connectivity index (χ3v) is 3.67. The summed E-state index contributed by atoms with van der Waals surface area (Å²) in [6.07, 6.45) is 2.37. The van der Waals surface area contributed by atoms with Gasteiger partial charge in [0, 0.05) is 12.0 Å².